The van der Waals surface area contributed by atoms with E-state index in [1.165, 1.54) is 31.2 Å². The first-order chi connectivity index (χ1) is 14.2. The van der Waals surface area contributed by atoms with E-state index in [0.717, 1.165) is 17.7 Å². The van der Waals surface area contributed by atoms with Crippen molar-refractivity contribution < 1.29 is 23.4 Å². The fraction of sp³-hybridized carbons (Fsp3) is 0.136. The molecule has 0 aliphatic heterocycles. The number of halogens is 4. The van der Waals surface area contributed by atoms with Gasteiger partial charge < -0.3 is 15.6 Å². The SMILES string of the molecule is C[C@H](Oc1cc(Cl)c(Cc2ccc(O)c(-c3ccc(F)c(F)c3)c2)c(Cl)c1)C(N)=O. The van der Waals surface area contributed by atoms with Crippen molar-refractivity contribution in [2.24, 2.45) is 5.73 Å². The summed E-state index contributed by atoms with van der Waals surface area (Å²) in [6, 6.07) is 11.2. The highest BCUT2D eigenvalue weighted by molar-refractivity contribution is 6.36. The Balaban J connectivity index is 1.91. The standard InChI is InChI=1S/C22H17Cl2F2NO3/c1-11(22(27)29)30-14-9-17(23)16(18(24)10-14)7-12-2-5-21(28)15(6-12)13-3-4-19(25)20(26)8-13/h2-6,8-11,28H,7H2,1H3,(H2,27,29)/t11-/m0/s1. The number of aromatic hydroxyl groups is 1. The molecule has 3 rings (SSSR count). The zero-order valence-electron chi connectivity index (χ0n) is 15.8. The molecule has 0 fully saturated rings. The molecule has 0 saturated heterocycles. The van der Waals surface area contributed by atoms with Gasteiger partial charge in [0.05, 0.1) is 0 Å². The third-order valence-corrected chi connectivity index (χ3v) is 5.18. The monoisotopic (exact) mass is 451 g/mol. The molecule has 0 spiro atoms. The Labute approximate surface area is 181 Å². The lowest BCUT2D eigenvalue weighted by Crippen LogP contribution is -2.30. The molecule has 8 heteroatoms. The highest BCUT2D eigenvalue weighted by Gasteiger charge is 2.16. The van der Waals surface area contributed by atoms with Crippen molar-refractivity contribution in [3.63, 3.8) is 0 Å². The van der Waals surface area contributed by atoms with Gasteiger partial charge >= 0.3 is 0 Å². The van der Waals surface area contributed by atoms with Crippen LogP contribution < -0.4 is 10.5 Å². The third-order valence-electron chi connectivity index (χ3n) is 4.50. The van der Waals surface area contributed by atoms with Crippen LogP contribution in [0.4, 0.5) is 8.78 Å². The molecule has 0 heterocycles. The number of amides is 1. The van der Waals surface area contributed by atoms with Gasteiger partial charge in [-0.15, -0.1) is 0 Å². The molecule has 4 nitrogen and oxygen atoms in total. The van der Waals surface area contributed by atoms with Crippen molar-refractivity contribution in [2.75, 3.05) is 0 Å². The lowest BCUT2D eigenvalue weighted by molar-refractivity contribution is -0.123. The van der Waals surface area contributed by atoms with Crippen molar-refractivity contribution in [3.05, 3.63) is 81.3 Å². The number of phenolic OH excluding ortho intramolecular Hbond substituents is 1. The van der Waals surface area contributed by atoms with Gasteiger partial charge in [-0.25, -0.2) is 8.78 Å². The Morgan fingerprint density at radius 3 is 2.33 bits per heavy atom. The summed E-state index contributed by atoms with van der Waals surface area (Å²) in [5.41, 5.74) is 7.19. The average Bonchev–Trinajstić information content (AvgIpc) is 2.68. The predicted octanol–water partition coefficient (Wildman–Crippen LogP) is 5.49. The number of carbonyl (C=O) groups is 1. The molecule has 1 atom stereocenters. The van der Waals surface area contributed by atoms with Crippen LogP contribution in [0.2, 0.25) is 10.0 Å². The Hall–Kier alpha value is -2.83. The van der Waals surface area contributed by atoms with E-state index < -0.39 is 23.6 Å². The van der Waals surface area contributed by atoms with Crippen molar-refractivity contribution in [1.82, 2.24) is 0 Å². The van der Waals surface area contributed by atoms with Crippen molar-refractivity contribution in [2.45, 2.75) is 19.4 Å². The van der Waals surface area contributed by atoms with E-state index in [1.54, 1.807) is 12.1 Å². The van der Waals surface area contributed by atoms with Crippen LogP contribution in [-0.2, 0) is 11.2 Å². The van der Waals surface area contributed by atoms with Crippen LogP contribution in [0, 0.1) is 11.6 Å². The van der Waals surface area contributed by atoms with E-state index in [2.05, 4.69) is 0 Å². The zero-order chi connectivity index (χ0) is 22.0. The van der Waals surface area contributed by atoms with E-state index in [0.29, 0.717) is 38.9 Å². The molecule has 1 amide bonds. The van der Waals surface area contributed by atoms with Crippen LogP contribution in [0.15, 0.2) is 48.5 Å². The van der Waals surface area contributed by atoms with Crippen LogP contribution in [0.5, 0.6) is 11.5 Å². The van der Waals surface area contributed by atoms with Gasteiger partial charge in [-0.3, -0.25) is 4.79 Å². The number of phenols is 1. The molecule has 0 aliphatic carbocycles. The van der Waals surface area contributed by atoms with E-state index in [4.69, 9.17) is 33.7 Å². The molecule has 3 aromatic carbocycles. The lowest BCUT2D eigenvalue weighted by Gasteiger charge is -2.15. The number of carbonyl (C=O) groups excluding carboxylic acids is 1. The minimum Gasteiger partial charge on any atom is -0.507 e. The number of nitrogens with two attached hydrogens (primary N) is 1. The number of ether oxygens (including phenoxy) is 1. The Morgan fingerprint density at radius 2 is 1.73 bits per heavy atom. The minimum absolute atomic E-state index is 0.0776. The van der Waals surface area contributed by atoms with Crippen LogP contribution >= 0.6 is 23.2 Å². The quantitative estimate of drug-likeness (QED) is 0.520. The minimum atomic E-state index is -1.01. The molecule has 0 radical (unpaired) electrons. The Morgan fingerprint density at radius 1 is 1.07 bits per heavy atom. The summed E-state index contributed by atoms with van der Waals surface area (Å²) >= 11 is 12.7. The van der Waals surface area contributed by atoms with Crippen molar-refractivity contribution >= 4 is 29.1 Å². The van der Waals surface area contributed by atoms with Crippen LogP contribution in [-0.4, -0.2) is 17.1 Å². The molecule has 0 bridgehead atoms. The summed E-state index contributed by atoms with van der Waals surface area (Å²) in [6.07, 6.45) is -0.543. The molecule has 3 aromatic rings. The second kappa shape index (κ2) is 8.90. The molecule has 0 aromatic heterocycles. The first-order valence-corrected chi connectivity index (χ1v) is 9.62. The smallest absolute Gasteiger partial charge is 0.258 e. The van der Waals surface area contributed by atoms with E-state index in [-0.39, 0.29) is 5.75 Å². The molecule has 30 heavy (non-hydrogen) atoms. The fourth-order valence-electron chi connectivity index (χ4n) is 2.87. The molecule has 0 saturated carbocycles. The zero-order valence-corrected chi connectivity index (χ0v) is 17.3. The predicted molar refractivity (Wildman–Crippen MR) is 112 cm³/mol. The topological polar surface area (TPSA) is 72.6 Å². The van der Waals surface area contributed by atoms with E-state index >= 15 is 0 Å². The maximum absolute atomic E-state index is 13.6. The van der Waals surface area contributed by atoms with Gasteiger partial charge in [-0.2, -0.15) is 0 Å². The number of benzene rings is 3. The van der Waals surface area contributed by atoms with Gasteiger partial charge in [0.1, 0.15) is 11.5 Å². The number of rotatable bonds is 6. The first kappa shape index (κ1) is 21.9. The molecule has 0 unspecified atom stereocenters. The third kappa shape index (κ3) is 4.83. The summed E-state index contributed by atoms with van der Waals surface area (Å²) < 4.78 is 32.2. The molecule has 156 valence electrons. The van der Waals surface area contributed by atoms with Crippen molar-refractivity contribution in [1.29, 1.82) is 0 Å². The number of primary amides is 1. The molecule has 0 aliphatic rings. The summed E-state index contributed by atoms with van der Waals surface area (Å²) in [5.74, 6) is -2.38. The van der Waals surface area contributed by atoms with Gasteiger partial charge in [0.25, 0.3) is 5.91 Å². The van der Waals surface area contributed by atoms with Crippen LogP contribution in [0.3, 0.4) is 0 Å². The molecular formula is C22H17Cl2F2NO3. The van der Waals surface area contributed by atoms with Gasteiger partial charge in [-0.05, 0) is 60.0 Å². The summed E-state index contributed by atoms with van der Waals surface area (Å²) in [5, 5.41) is 10.8. The van der Waals surface area contributed by atoms with E-state index in [1.807, 2.05) is 0 Å². The van der Waals surface area contributed by atoms with Gasteiger partial charge in [-0.1, -0.05) is 35.3 Å². The fourth-order valence-corrected chi connectivity index (χ4v) is 3.47. The maximum Gasteiger partial charge on any atom is 0.258 e. The van der Waals surface area contributed by atoms with Gasteiger partial charge in [0.15, 0.2) is 17.7 Å². The second-order valence-electron chi connectivity index (χ2n) is 6.69. The van der Waals surface area contributed by atoms with Crippen LogP contribution in [0.25, 0.3) is 11.1 Å². The second-order valence-corrected chi connectivity index (χ2v) is 7.50. The van der Waals surface area contributed by atoms with Gasteiger partial charge in [0.2, 0.25) is 0 Å². The summed E-state index contributed by atoms with van der Waals surface area (Å²) in [4.78, 5) is 11.2. The first-order valence-electron chi connectivity index (χ1n) is 8.87. The van der Waals surface area contributed by atoms with Crippen molar-refractivity contribution in [3.8, 4) is 22.6 Å². The Kier molecular flexibility index (Phi) is 6.48. The maximum atomic E-state index is 13.6. The number of hydrogen-bond donors (Lipinski definition) is 2. The number of hydrogen-bond acceptors (Lipinski definition) is 3. The lowest BCUT2D eigenvalue weighted by atomic mass is 9.98. The summed E-state index contributed by atoms with van der Waals surface area (Å²) in [7, 11) is 0. The molecular weight excluding hydrogens is 435 g/mol. The van der Waals surface area contributed by atoms with E-state index in [9.17, 15) is 18.7 Å². The molecule has 3 N–H and O–H groups in total. The highest BCUT2D eigenvalue weighted by Crippen LogP contribution is 2.35. The largest absolute Gasteiger partial charge is 0.507 e. The highest BCUT2D eigenvalue weighted by atomic mass is 35.5. The Bertz CT molecular complexity index is 1100. The average molecular weight is 452 g/mol. The normalized spacial score (nSPS) is 11.9. The summed E-state index contributed by atoms with van der Waals surface area (Å²) in [6.45, 7) is 1.51. The van der Waals surface area contributed by atoms with Gasteiger partial charge in [0, 0.05) is 22.0 Å². The van der Waals surface area contributed by atoms with Crippen LogP contribution in [0.1, 0.15) is 18.1 Å².